The molecule has 1 heterocycles. The predicted octanol–water partition coefficient (Wildman–Crippen LogP) is 4.13. The molecule has 0 saturated carbocycles. The minimum absolute atomic E-state index is 0.116. The molecule has 0 saturated heterocycles. The maximum atomic E-state index is 12.6. The fourth-order valence-electron chi connectivity index (χ4n) is 2.08. The van der Waals surface area contributed by atoms with Gasteiger partial charge in [0.25, 0.3) is 5.91 Å². The van der Waals surface area contributed by atoms with Gasteiger partial charge in [-0.25, -0.2) is 0 Å². The lowest BCUT2D eigenvalue weighted by Crippen LogP contribution is -2.49. The van der Waals surface area contributed by atoms with Gasteiger partial charge in [0.15, 0.2) is 4.84 Å². The van der Waals surface area contributed by atoms with Crippen LogP contribution in [0.25, 0.3) is 10.6 Å². The molecule has 1 aromatic heterocycles. The second-order valence-corrected chi connectivity index (χ2v) is 8.09. The molecule has 2 unspecified atom stereocenters. The summed E-state index contributed by atoms with van der Waals surface area (Å²) in [5, 5.41) is 14.9. The Balaban J connectivity index is 2.11. The molecule has 2 rings (SSSR count). The molecule has 0 fully saturated rings. The molecule has 2 aromatic rings. The summed E-state index contributed by atoms with van der Waals surface area (Å²) < 4.78 is 0. The Bertz CT molecular complexity index is 767. The van der Waals surface area contributed by atoms with Crippen LogP contribution in [-0.2, 0) is 9.59 Å². The Morgan fingerprint density at radius 3 is 2.38 bits per heavy atom. The van der Waals surface area contributed by atoms with E-state index in [0.29, 0.717) is 21.6 Å². The summed E-state index contributed by atoms with van der Waals surface area (Å²) in [5.74, 6) is -1.14. The van der Waals surface area contributed by atoms with Crippen LogP contribution < -0.4 is 10.6 Å². The Morgan fingerprint density at radius 1 is 1.15 bits per heavy atom. The summed E-state index contributed by atoms with van der Waals surface area (Å²) in [6.07, 6.45) is 0.680. The number of alkyl halides is 2. The first-order chi connectivity index (χ1) is 12.3. The third kappa shape index (κ3) is 5.54. The highest BCUT2D eigenvalue weighted by Gasteiger charge is 2.28. The molecular formula is C16H17Cl3N4O2S. The Hall–Kier alpha value is -1.41. The molecule has 2 atom stereocenters. The zero-order valence-corrected chi connectivity index (χ0v) is 17.1. The number of rotatable bonds is 7. The minimum atomic E-state index is -1.24. The van der Waals surface area contributed by atoms with E-state index in [2.05, 4.69) is 20.8 Å². The van der Waals surface area contributed by atoms with Gasteiger partial charge in [-0.15, -0.1) is 10.2 Å². The summed E-state index contributed by atoms with van der Waals surface area (Å²) >= 11 is 18.2. The van der Waals surface area contributed by atoms with E-state index in [1.165, 1.54) is 11.3 Å². The van der Waals surface area contributed by atoms with Crippen molar-refractivity contribution in [3.05, 3.63) is 29.3 Å². The van der Waals surface area contributed by atoms with Crippen molar-refractivity contribution in [1.82, 2.24) is 15.5 Å². The van der Waals surface area contributed by atoms with Gasteiger partial charge >= 0.3 is 0 Å². The van der Waals surface area contributed by atoms with E-state index >= 15 is 0 Å². The van der Waals surface area contributed by atoms with Crippen molar-refractivity contribution in [1.29, 1.82) is 0 Å². The van der Waals surface area contributed by atoms with Crippen molar-refractivity contribution >= 4 is 63.1 Å². The Morgan fingerprint density at radius 2 is 1.81 bits per heavy atom. The zero-order valence-electron chi connectivity index (χ0n) is 14.0. The number of nitrogens with zero attached hydrogens (tertiary/aromatic N) is 2. The lowest BCUT2D eigenvalue weighted by atomic mass is 9.98. The standard InChI is InChI=1S/C16H17Cl3N4O2S/c1-3-8(2)11(20-14(25)12(18)19)13(24)21-16-23-22-15(26-16)9-4-6-10(17)7-5-9/h4-8,11-12H,3H2,1-2H3,(H,20,25)(H,21,23,24). The van der Waals surface area contributed by atoms with Gasteiger partial charge in [-0.2, -0.15) is 0 Å². The van der Waals surface area contributed by atoms with Crippen LogP contribution in [0.15, 0.2) is 24.3 Å². The van der Waals surface area contributed by atoms with Crippen LogP contribution in [0.4, 0.5) is 5.13 Å². The Labute approximate surface area is 170 Å². The fourth-order valence-corrected chi connectivity index (χ4v) is 3.09. The first-order valence-corrected chi connectivity index (χ1v) is 9.87. The highest BCUT2D eigenvalue weighted by molar-refractivity contribution is 7.18. The lowest BCUT2D eigenvalue weighted by Gasteiger charge is -2.23. The molecule has 140 valence electrons. The number of carbonyl (C=O) groups is 2. The van der Waals surface area contributed by atoms with E-state index in [-0.39, 0.29) is 5.92 Å². The number of benzene rings is 1. The molecule has 2 amide bonds. The molecular weight excluding hydrogens is 419 g/mol. The molecule has 0 aliphatic carbocycles. The van der Waals surface area contributed by atoms with Crippen LogP contribution in [-0.4, -0.2) is 32.9 Å². The minimum Gasteiger partial charge on any atom is -0.342 e. The number of aromatic nitrogens is 2. The van der Waals surface area contributed by atoms with Gasteiger partial charge in [0.2, 0.25) is 11.0 Å². The molecule has 10 heteroatoms. The second kappa shape index (κ2) is 9.50. The van der Waals surface area contributed by atoms with Crippen LogP contribution in [0.5, 0.6) is 0 Å². The van der Waals surface area contributed by atoms with Gasteiger partial charge in [-0.05, 0) is 18.1 Å². The molecule has 26 heavy (non-hydrogen) atoms. The summed E-state index contributed by atoms with van der Waals surface area (Å²) in [6.45, 7) is 3.76. The maximum Gasteiger partial charge on any atom is 0.253 e. The van der Waals surface area contributed by atoms with Crippen LogP contribution in [0.2, 0.25) is 5.02 Å². The molecule has 0 bridgehead atoms. The number of carbonyl (C=O) groups excluding carboxylic acids is 2. The third-order valence-electron chi connectivity index (χ3n) is 3.74. The van der Waals surface area contributed by atoms with Crippen LogP contribution in [0.3, 0.4) is 0 Å². The number of nitrogens with one attached hydrogen (secondary N) is 2. The van der Waals surface area contributed by atoms with Crippen molar-refractivity contribution in [2.24, 2.45) is 5.92 Å². The van der Waals surface area contributed by atoms with Crippen LogP contribution in [0.1, 0.15) is 20.3 Å². The van der Waals surface area contributed by atoms with E-state index in [9.17, 15) is 9.59 Å². The van der Waals surface area contributed by atoms with Crippen molar-refractivity contribution in [3.63, 3.8) is 0 Å². The first-order valence-electron chi connectivity index (χ1n) is 7.80. The van der Waals surface area contributed by atoms with E-state index < -0.39 is 22.7 Å². The molecule has 0 radical (unpaired) electrons. The molecule has 0 spiro atoms. The predicted molar refractivity (Wildman–Crippen MR) is 106 cm³/mol. The Kier molecular flexibility index (Phi) is 7.64. The van der Waals surface area contributed by atoms with Gasteiger partial charge in [0.05, 0.1) is 0 Å². The van der Waals surface area contributed by atoms with Gasteiger partial charge in [-0.1, -0.05) is 78.5 Å². The van der Waals surface area contributed by atoms with E-state index in [4.69, 9.17) is 34.8 Å². The quantitative estimate of drug-likeness (QED) is 0.640. The summed E-state index contributed by atoms with van der Waals surface area (Å²) in [7, 11) is 0. The van der Waals surface area contributed by atoms with Crippen molar-refractivity contribution in [3.8, 4) is 10.6 Å². The number of halogens is 3. The number of anilines is 1. The average molecular weight is 436 g/mol. The largest absolute Gasteiger partial charge is 0.342 e. The van der Waals surface area contributed by atoms with Gasteiger partial charge in [0.1, 0.15) is 11.0 Å². The van der Waals surface area contributed by atoms with E-state index in [0.717, 1.165) is 5.56 Å². The van der Waals surface area contributed by atoms with E-state index in [1.807, 2.05) is 26.0 Å². The highest BCUT2D eigenvalue weighted by atomic mass is 35.5. The molecule has 2 N–H and O–H groups in total. The molecule has 1 aromatic carbocycles. The first kappa shape index (κ1) is 20.9. The summed E-state index contributed by atoms with van der Waals surface area (Å²) in [5.41, 5.74) is 0.839. The normalized spacial score (nSPS) is 13.3. The smallest absolute Gasteiger partial charge is 0.253 e. The number of amides is 2. The van der Waals surface area contributed by atoms with Crippen molar-refractivity contribution in [2.45, 2.75) is 31.1 Å². The number of hydrogen-bond acceptors (Lipinski definition) is 5. The molecule has 0 aliphatic rings. The zero-order chi connectivity index (χ0) is 19.3. The highest BCUT2D eigenvalue weighted by Crippen LogP contribution is 2.27. The maximum absolute atomic E-state index is 12.6. The van der Waals surface area contributed by atoms with Crippen LogP contribution in [0, 0.1) is 5.92 Å². The second-order valence-electron chi connectivity index (χ2n) is 5.58. The molecule has 0 aliphatic heterocycles. The van der Waals surface area contributed by atoms with Gasteiger partial charge in [0, 0.05) is 10.6 Å². The summed E-state index contributed by atoms with van der Waals surface area (Å²) in [6, 6.07) is 6.35. The number of hydrogen-bond donors (Lipinski definition) is 2. The fraction of sp³-hybridized carbons (Fsp3) is 0.375. The average Bonchev–Trinajstić information content (AvgIpc) is 3.07. The third-order valence-corrected chi connectivity index (χ3v) is 5.27. The SMILES string of the molecule is CCC(C)C(NC(=O)C(Cl)Cl)C(=O)Nc1nnc(-c2ccc(Cl)cc2)s1. The van der Waals surface area contributed by atoms with E-state index in [1.54, 1.807) is 12.1 Å². The van der Waals surface area contributed by atoms with Gasteiger partial charge in [-0.3, -0.25) is 14.9 Å². The van der Waals surface area contributed by atoms with Crippen molar-refractivity contribution < 1.29 is 9.59 Å². The monoisotopic (exact) mass is 434 g/mol. The topological polar surface area (TPSA) is 84.0 Å². The van der Waals surface area contributed by atoms with Gasteiger partial charge < -0.3 is 5.32 Å². The lowest BCUT2D eigenvalue weighted by molar-refractivity contribution is -0.126. The molecule has 6 nitrogen and oxygen atoms in total. The summed E-state index contributed by atoms with van der Waals surface area (Å²) in [4.78, 5) is 23.1. The van der Waals surface area contributed by atoms with Crippen molar-refractivity contribution in [2.75, 3.05) is 5.32 Å². The van der Waals surface area contributed by atoms with Crippen LogP contribution >= 0.6 is 46.1 Å².